The fourth-order valence-corrected chi connectivity index (χ4v) is 2.21. The lowest BCUT2D eigenvalue weighted by Crippen LogP contribution is -2.04. The highest BCUT2D eigenvalue weighted by Gasteiger charge is 2.33. The van der Waals surface area contributed by atoms with Gasteiger partial charge in [0.1, 0.15) is 5.52 Å². The third kappa shape index (κ3) is 1.94. The Labute approximate surface area is 103 Å². The summed E-state index contributed by atoms with van der Waals surface area (Å²) in [7, 11) is 0. The molecule has 0 spiro atoms. The molecule has 6 heteroatoms. The first-order valence-corrected chi connectivity index (χ1v) is 5.91. The molecule has 1 saturated carbocycles. The molecule has 2 nitrogen and oxygen atoms in total. The lowest BCUT2D eigenvalue weighted by Gasteiger charge is -2.06. The molecular formula is C11H7BrF3NO. The monoisotopic (exact) mass is 305 g/mol. The Morgan fingerprint density at radius 1 is 1.29 bits per heavy atom. The van der Waals surface area contributed by atoms with Gasteiger partial charge in [0.2, 0.25) is 0 Å². The average Bonchev–Trinajstić information content (AvgIpc) is 2.97. The van der Waals surface area contributed by atoms with Crippen LogP contribution in [0.1, 0.15) is 30.2 Å². The molecule has 1 fully saturated rings. The van der Waals surface area contributed by atoms with E-state index in [1.54, 1.807) is 0 Å². The summed E-state index contributed by atoms with van der Waals surface area (Å²) in [6.45, 7) is 0. The number of hydrogen-bond donors (Lipinski definition) is 0. The molecule has 1 aliphatic carbocycles. The van der Waals surface area contributed by atoms with E-state index in [-0.39, 0.29) is 11.4 Å². The van der Waals surface area contributed by atoms with Crippen molar-refractivity contribution in [1.82, 2.24) is 4.98 Å². The van der Waals surface area contributed by atoms with Crippen LogP contribution in [0.15, 0.2) is 21.0 Å². The summed E-state index contributed by atoms with van der Waals surface area (Å²) in [5.41, 5.74) is -0.0685. The van der Waals surface area contributed by atoms with Crippen molar-refractivity contribution < 1.29 is 17.6 Å². The van der Waals surface area contributed by atoms with Crippen molar-refractivity contribution in [1.29, 1.82) is 0 Å². The lowest BCUT2D eigenvalue weighted by atomic mass is 10.2. The van der Waals surface area contributed by atoms with Crippen molar-refractivity contribution in [2.24, 2.45) is 0 Å². The topological polar surface area (TPSA) is 26.0 Å². The molecule has 0 bridgehead atoms. The summed E-state index contributed by atoms with van der Waals surface area (Å²) in [5, 5.41) is 0. The van der Waals surface area contributed by atoms with Crippen LogP contribution in [0.4, 0.5) is 13.2 Å². The van der Waals surface area contributed by atoms with Crippen molar-refractivity contribution >= 4 is 27.0 Å². The highest BCUT2D eigenvalue weighted by Crippen LogP contribution is 2.42. The number of aromatic nitrogens is 1. The van der Waals surface area contributed by atoms with Gasteiger partial charge in [-0.2, -0.15) is 13.2 Å². The van der Waals surface area contributed by atoms with Gasteiger partial charge >= 0.3 is 6.18 Å². The summed E-state index contributed by atoms with van der Waals surface area (Å²) in [6.07, 6.45) is -2.37. The number of nitrogens with zero attached hydrogens (tertiary/aromatic N) is 1. The maximum absolute atomic E-state index is 12.6. The maximum atomic E-state index is 12.6. The molecule has 1 aliphatic rings. The molecule has 0 unspecified atom stereocenters. The molecular weight excluding hydrogens is 299 g/mol. The Bertz CT molecular complexity index is 586. The molecule has 0 N–H and O–H groups in total. The van der Waals surface area contributed by atoms with E-state index in [1.807, 2.05) is 0 Å². The first kappa shape index (κ1) is 11.1. The number of rotatable bonds is 1. The minimum atomic E-state index is -4.37. The van der Waals surface area contributed by atoms with Crippen molar-refractivity contribution in [2.75, 3.05) is 0 Å². The average molecular weight is 306 g/mol. The van der Waals surface area contributed by atoms with Gasteiger partial charge in [-0.1, -0.05) is 0 Å². The summed E-state index contributed by atoms with van der Waals surface area (Å²) in [5.74, 6) is 0.823. The first-order chi connectivity index (χ1) is 7.95. The molecule has 1 aromatic heterocycles. The largest absolute Gasteiger partial charge is 0.439 e. The fourth-order valence-electron chi connectivity index (χ4n) is 1.68. The van der Waals surface area contributed by atoms with Crippen LogP contribution in [0.5, 0.6) is 0 Å². The Kier molecular flexibility index (Phi) is 2.26. The van der Waals surface area contributed by atoms with Crippen LogP contribution in [0.2, 0.25) is 0 Å². The molecule has 2 aromatic rings. The molecule has 3 rings (SSSR count). The van der Waals surface area contributed by atoms with E-state index in [4.69, 9.17) is 4.42 Å². The molecule has 1 heterocycles. The Balaban J connectivity index is 2.18. The second-order valence-corrected chi connectivity index (χ2v) is 4.98. The van der Waals surface area contributed by atoms with Gasteiger partial charge in [0.05, 0.1) is 10.0 Å². The van der Waals surface area contributed by atoms with Gasteiger partial charge in [0, 0.05) is 5.92 Å². The molecule has 0 atom stereocenters. The Morgan fingerprint density at radius 3 is 2.59 bits per heavy atom. The van der Waals surface area contributed by atoms with E-state index in [0.717, 1.165) is 25.0 Å². The zero-order valence-corrected chi connectivity index (χ0v) is 10.1. The van der Waals surface area contributed by atoms with Crippen LogP contribution in [-0.4, -0.2) is 4.98 Å². The number of fused-ring (bicyclic) bond motifs is 1. The van der Waals surface area contributed by atoms with Crippen molar-refractivity contribution in [3.63, 3.8) is 0 Å². The Morgan fingerprint density at radius 2 is 2.00 bits per heavy atom. The van der Waals surface area contributed by atoms with Crippen molar-refractivity contribution in [2.45, 2.75) is 24.9 Å². The summed E-state index contributed by atoms with van der Waals surface area (Å²) in [4.78, 5) is 4.11. The first-order valence-electron chi connectivity index (χ1n) is 5.12. The second kappa shape index (κ2) is 3.48. The van der Waals surface area contributed by atoms with Gasteiger partial charge in [-0.15, -0.1) is 0 Å². The third-order valence-electron chi connectivity index (χ3n) is 2.72. The minimum absolute atomic E-state index is 0.258. The third-order valence-corrected chi connectivity index (χ3v) is 3.30. The highest BCUT2D eigenvalue weighted by molar-refractivity contribution is 9.10. The van der Waals surface area contributed by atoms with Gasteiger partial charge in [-0.25, -0.2) is 4.98 Å². The zero-order chi connectivity index (χ0) is 12.2. The smallest absolute Gasteiger partial charge is 0.416 e. The molecule has 0 amide bonds. The van der Waals surface area contributed by atoms with E-state index in [0.29, 0.717) is 15.9 Å². The van der Waals surface area contributed by atoms with E-state index < -0.39 is 11.7 Å². The minimum Gasteiger partial charge on any atom is -0.439 e. The van der Waals surface area contributed by atoms with E-state index in [1.165, 1.54) is 0 Å². The van der Waals surface area contributed by atoms with Gasteiger partial charge in [0.15, 0.2) is 11.5 Å². The number of oxazole rings is 1. The van der Waals surface area contributed by atoms with Crippen LogP contribution in [0.25, 0.3) is 11.1 Å². The Hall–Kier alpha value is -1.04. The lowest BCUT2D eigenvalue weighted by molar-refractivity contribution is -0.137. The SMILES string of the molecule is FC(F)(F)c1cc(Br)c2oc(C3CC3)nc2c1. The van der Waals surface area contributed by atoms with Crippen LogP contribution >= 0.6 is 15.9 Å². The number of alkyl halides is 3. The number of halogens is 4. The van der Waals surface area contributed by atoms with Crippen LogP contribution in [0.3, 0.4) is 0 Å². The molecule has 0 saturated heterocycles. The molecule has 0 aliphatic heterocycles. The summed E-state index contributed by atoms with van der Waals surface area (Å²) in [6, 6.07) is 2.04. The van der Waals surface area contributed by atoms with E-state index in [2.05, 4.69) is 20.9 Å². The van der Waals surface area contributed by atoms with E-state index >= 15 is 0 Å². The van der Waals surface area contributed by atoms with Gasteiger partial charge in [-0.3, -0.25) is 0 Å². The fraction of sp³-hybridized carbons (Fsp3) is 0.364. The summed E-state index contributed by atoms with van der Waals surface area (Å²) >= 11 is 3.09. The predicted octanol–water partition coefficient (Wildman–Crippen LogP) is 4.49. The molecule has 17 heavy (non-hydrogen) atoms. The maximum Gasteiger partial charge on any atom is 0.416 e. The van der Waals surface area contributed by atoms with Gasteiger partial charge in [-0.05, 0) is 40.9 Å². The predicted molar refractivity (Wildman–Crippen MR) is 58.7 cm³/mol. The van der Waals surface area contributed by atoms with Crippen molar-refractivity contribution in [3.8, 4) is 0 Å². The van der Waals surface area contributed by atoms with Crippen molar-refractivity contribution in [3.05, 3.63) is 28.1 Å². The molecule has 1 aromatic carbocycles. The second-order valence-electron chi connectivity index (χ2n) is 4.13. The summed E-state index contributed by atoms with van der Waals surface area (Å²) < 4.78 is 43.5. The van der Waals surface area contributed by atoms with Gasteiger partial charge in [0.25, 0.3) is 0 Å². The highest BCUT2D eigenvalue weighted by atomic mass is 79.9. The number of benzene rings is 1. The molecule has 0 radical (unpaired) electrons. The standard InChI is InChI=1S/C11H7BrF3NO/c12-7-3-6(11(13,14)15)4-8-9(7)17-10(16-8)5-1-2-5/h3-5H,1-2H2. The van der Waals surface area contributed by atoms with Gasteiger partial charge < -0.3 is 4.42 Å². The zero-order valence-electron chi connectivity index (χ0n) is 8.51. The van der Waals surface area contributed by atoms with Crippen LogP contribution < -0.4 is 0 Å². The number of hydrogen-bond acceptors (Lipinski definition) is 2. The molecule has 90 valence electrons. The quantitative estimate of drug-likeness (QED) is 0.776. The van der Waals surface area contributed by atoms with Crippen LogP contribution in [0, 0.1) is 0 Å². The van der Waals surface area contributed by atoms with Crippen LogP contribution in [-0.2, 0) is 6.18 Å². The van der Waals surface area contributed by atoms with E-state index in [9.17, 15) is 13.2 Å². The normalized spacial score (nSPS) is 16.7.